The SMILES string of the molecule is O=C1CC(CBr)CN1c1nnc(Br)s1. The minimum absolute atomic E-state index is 0.137. The zero-order valence-electron chi connectivity index (χ0n) is 7.11. The Hall–Kier alpha value is -0.0100. The smallest absolute Gasteiger partial charge is 0.229 e. The number of hydrogen-bond acceptors (Lipinski definition) is 4. The highest BCUT2D eigenvalue weighted by Crippen LogP contribution is 2.30. The van der Waals surface area contributed by atoms with E-state index in [1.807, 2.05) is 0 Å². The largest absolute Gasteiger partial charge is 0.286 e. The summed E-state index contributed by atoms with van der Waals surface area (Å²) < 4.78 is 0.711. The molecule has 2 rings (SSSR count). The van der Waals surface area contributed by atoms with Crippen LogP contribution in [0.2, 0.25) is 0 Å². The quantitative estimate of drug-likeness (QED) is 0.774. The summed E-state index contributed by atoms with van der Waals surface area (Å²) in [4.78, 5) is 13.3. The molecule has 1 aliphatic heterocycles. The van der Waals surface area contributed by atoms with Crippen molar-refractivity contribution in [1.29, 1.82) is 0 Å². The van der Waals surface area contributed by atoms with E-state index in [-0.39, 0.29) is 5.91 Å². The van der Waals surface area contributed by atoms with Crippen LogP contribution in [0.15, 0.2) is 3.92 Å². The lowest BCUT2D eigenvalue weighted by molar-refractivity contribution is -0.117. The van der Waals surface area contributed by atoms with Gasteiger partial charge in [0.25, 0.3) is 0 Å². The van der Waals surface area contributed by atoms with Gasteiger partial charge in [0, 0.05) is 18.3 Å². The van der Waals surface area contributed by atoms with Crippen LogP contribution in [-0.2, 0) is 4.79 Å². The summed E-state index contributed by atoms with van der Waals surface area (Å²) in [7, 11) is 0. The molecule has 1 saturated heterocycles. The molecule has 4 nitrogen and oxygen atoms in total. The number of anilines is 1. The Balaban J connectivity index is 2.16. The highest BCUT2D eigenvalue weighted by Gasteiger charge is 2.31. The van der Waals surface area contributed by atoms with Crippen molar-refractivity contribution >= 4 is 54.2 Å². The molecule has 14 heavy (non-hydrogen) atoms. The zero-order valence-corrected chi connectivity index (χ0v) is 11.1. The fourth-order valence-electron chi connectivity index (χ4n) is 1.38. The maximum atomic E-state index is 11.6. The molecule has 76 valence electrons. The van der Waals surface area contributed by atoms with E-state index in [1.54, 1.807) is 4.90 Å². The van der Waals surface area contributed by atoms with Gasteiger partial charge in [-0.05, 0) is 21.8 Å². The Kier molecular flexibility index (Phi) is 3.18. The molecular formula is C7H7Br2N3OS. The van der Waals surface area contributed by atoms with Gasteiger partial charge < -0.3 is 0 Å². The fraction of sp³-hybridized carbons (Fsp3) is 0.571. The second-order valence-electron chi connectivity index (χ2n) is 3.07. The summed E-state index contributed by atoms with van der Waals surface area (Å²) >= 11 is 8.00. The molecule has 0 spiro atoms. The number of halogens is 2. The van der Waals surface area contributed by atoms with Crippen LogP contribution < -0.4 is 4.90 Å². The average Bonchev–Trinajstić information content (AvgIpc) is 2.71. The Bertz CT molecular complexity index is 356. The molecule has 1 aromatic rings. The van der Waals surface area contributed by atoms with E-state index < -0.39 is 0 Å². The van der Waals surface area contributed by atoms with Gasteiger partial charge in [0.05, 0.1) is 0 Å². The van der Waals surface area contributed by atoms with Crippen LogP contribution in [0, 0.1) is 5.92 Å². The molecule has 1 amide bonds. The molecule has 1 fully saturated rings. The topological polar surface area (TPSA) is 46.1 Å². The first-order chi connectivity index (χ1) is 6.70. The van der Waals surface area contributed by atoms with E-state index in [1.165, 1.54) is 11.3 Å². The first-order valence-electron chi connectivity index (χ1n) is 4.06. The van der Waals surface area contributed by atoms with Crippen molar-refractivity contribution in [2.75, 3.05) is 16.8 Å². The number of nitrogens with zero attached hydrogens (tertiary/aromatic N) is 3. The first-order valence-corrected chi connectivity index (χ1v) is 6.79. The Morgan fingerprint density at radius 3 is 2.86 bits per heavy atom. The summed E-state index contributed by atoms with van der Waals surface area (Å²) in [6.07, 6.45) is 0.600. The number of alkyl halides is 1. The molecule has 0 bridgehead atoms. The van der Waals surface area contributed by atoms with Crippen LogP contribution in [0.25, 0.3) is 0 Å². The van der Waals surface area contributed by atoms with Crippen LogP contribution in [0.4, 0.5) is 5.13 Å². The number of carbonyl (C=O) groups excluding carboxylic acids is 1. The fourth-order valence-corrected chi connectivity index (χ4v) is 2.92. The van der Waals surface area contributed by atoms with E-state index >= 15 is 0 Å². The Labute approximate surface area is 102 Å². The van der Waals surface area contributed by atoms with Crippen LogP contribution in [0.3, 0.4) is 0 Å². The van der Waals surface area contributed by atoms with Crippen LogP contribution in [0.1, 0.15) is 6.42 Å². The van der Waals surface area contributed by atoms with E-state index in [4.69, 9.17) is 0 Å². The third kappa shape index (κ3) is 1.99. The molecule has 0 aliphatic carbocycles. The summed E-state index contributed by atoms with van der Waals surface area (Å²) in [5.41, 5.74) is 0. The zero-order chi connectivity index (χ0) is 10.1. The van der Waals surface area contributed by atoms with Crippen molar-refractivity contribution in [1.82, 2.24) is 10.2 Å². The van der Waals surface area contributed by atoms with Crippen molar-refractivity contribution in [3.8, 4) is 0 Å². The van der Waals surface area contributed by atoms with Crippen LogP contribution in [0.5, 0.6) is 0 Å². The average molecular weight is 341 g/mol. The standard InChI is InChI=1S/C7H7Br2N3OS/c8-2-4-1-5(13)12(3-4)7-11-10-6(9)14-7/h4H,1-3H2. The van der Waals surface area contributed by atoms with Crippen molar-refractivity contribution in [3.05, 3.63) is 3.92 Å². The van der Waals surface area contributed by atoms with Crippen molar-refractivity contribution in [2.24, 2.45) is 5.92 Å². The van der Waals surface area contributed by atoms with Crippen molar-refractivity contribution in [2.45, 2.75) is 6.42 Å². The minimum atomic E-state index is 0.137. The number of aromatic nitrogens is 2. The number of carbonyl (C=O) groups is 1. The molecule has 1 aliphatic rings. The molecule has 0 aromatic carbocycles. The number of hydrogen-bond donors (Lipinski definition) is 0. The van der Waals surface area contributed by atoms with Gasteiger partial charge in [-0.2, -0.15) is 0 Å². The maximum absolute atomic E-state index is 11.6. The van der Waals surface area contributed by atoms with Gasteiger partial charge in [-0.25, -0.2) is 0 Å². The van der Waals surface area contributed by atoms with Gasteiger partial charge in [0.15, 0.2) is 3.92 Å². The molecule has 7 heteroatoms. The summed E-state index contributed by atoms with van der Waals surface area (Å²) in [5.74, 6) is 0.531. The van der Waals surface area contributed by atoms with Crippen molar-refractivity contribution < 1.29 is 4.79 Å². The summed E-state index contributed by atoms with van der Waals surface area (Å²) in [6.45, 7) is 0.742. The van der Waals surface area contributed by atoms with Gasteiger partial charge in [0.1, 0.15) is 0 Å². The predicted octanol–water partition coefficient (Wildman–Crippen LogP) is 2.05. The van der Waals surface area contributed by atoms with Gasteiger partial charge in [-0.1, -0.05) is 27.3 Å². The van der Waals surface area contributed by atoms with Gasteiger partial charge in [0.2, 0.25) is 11.0 Å². The molecule has 0 N–H and O–H groups in total. The van der Waals surface area contributed by atoms with E-state index in [2.05, 4.69) is 42.1 Å². The third-order valence-electron chi connectivity index (χ3n) is 2.04. The Morgan fingerprint density at radius 2 is 2.36 bits per heavy atom. The molecule has 0 saturated carbocycles. The van der Waals surface area contributed by atoms with Gasteiger partial charge in [-0.15, -0.1) is 10.2 Å². The highest BCUT2D eigenvalue weighted by molar-refractivity contribution is 9.11. The van der Waals surface area contributed by atoms with Gasteiger partial charge >= 0.3 is 0 Å². The number of amides is 1. The van der Waals surface area contributed by atoms with E-state index in [9.17, 15) is 4.79 Å². The lowest BCUT2D eigenvalue weighted by Crippen LogP contribution is -2.24. The second-order valence-corrected chi connectivity index (χ2v) is 5.95. The van der Waals surface area contributed by atoms with Crippen LogP contribution in [-0.4, -0.2) is 28.0 Å². The van der Waals surface area contributed by atoms with Crippen LogP contribution >= 0.6 is 43.2 Å². The third-order valence-corrected chi connectivity index (χ3v) is 4.34. The van der Waals surface area contributed by atoms with Crippen molar-refractivity contribution in [3.63, 3.8) is 0 Å². The van der Waals surface area contributed by atoms with E-state index in [0.717, 1.165) is 11.9 Å². The minimum Gasteiger partial charge on any atom is -0.286 e. The molecular weight excluding hydrogens is 334 g/mol. The molecule has 1 atom stereocenters. The summed E-state index contributed by atoms with van der Waals surface area (Å²) in [5, 5.41) is 9.30. The molecule has 1 aromatic heterocycles. The highest BCUT2D eigenvalue weighted by atomic mass is 79.9. The first kappa shape index (κ1) is 10.5. The Morgan fingerprint density at radius 1 is 1.57 bits per heavy atom. The second kappa shape index (κ2) is 4.24. The monoisotopic (exact) mass is 339 g/mol. The lowest BCUT2D eigenvalue weighted by atomic mass is 10.2. The van der Waals surface area contributed by atoms with E-state index in [0.29, 0.717) is 21.4 Å². The molecule has 0 radical (unpaired) electrons. The predicted molar refractivity (Wildman–Crippen MR) is 61.9 cm³/mol. The normalized spacial score (nSPS) is 22.0. The molecule has 2 heterocycles. The maximum Gasteiger partial charge on any atom is 0.229 e. The summed E-state index contributed by atoms with van der Waals surface area (Å²) in [6, 6.07) is 0. The lowest BCUT2D eigenvalue weighted by Gasteiger charge is -2.10. The molecule has 1 unspecified atom stereocenters. The number of rotatable bonds is 2. The van der Waals surface area contributed by atoms with Gasteiger partial charge in [-0.3, -0.25) is 9.69 Å².